The number of aromatic nitrogens is 2. The Balaban J connectivity index is 1.46. The van der Waals surface area contributed by atoms with E-state index in [2.05, 4.69) is 20.8 Å². The van der Waals surface area contributed by atoms with E-state index in [9.17, 15) is 9.59 Å². The summed E-state index contributed by atoms with van der Waals surface area (Å²) in [6, 6.07) is 15.1. The SMILES string of the molecule is Cc1nnc(SCc2c(C(=O)NCc3ccc(NC(=O)C(C)C)cc3)oc3ccccc23)s1. The van der Waals surface area contributed by atoms with Crippen LogP contribution < -0.4 is 10.6 Å². The number of carbonyl (C=O) groups excluding carboxylic acids is 2. The number of rotatable bonds is 8. The number of thioether (sulfide) groups is 1. The van der Waals surface area contributed by atoms with Crippen molar-refractivity contribution in [1.29, 1.82) is 0 Å². The molecule has 0 bridgehead atoms. The van der Waals surface area contributed by atoms with Gasteiger partial charge < -0.3 is 15.1 Å². The van der Waals surface area contributed by atoms with Crippen molar-refractivity contribution < 1.29 is 14.0 Å². The second-order valence-electron chi connectivity index (χ2n) is 7.81. The molecule has 2 N–H and O–H groups in total. The Bertz CT molecular complexity index is 1280. The standard InChI is InChI=1S/C24H24N4O3S2/c1-14(2)22(29)26-17-10-8-16(9-11-17)12-25-23(30)21-19(13-32-24-28-27-15(3)33-24)18-6-4-5-7-20(18)31-21/h4-11,14H,12-13H2,1-3H3,(H,25,30)(H,26,29). The maximum absolute atomic E-state index is 13.0. The average Bonchev–Trinajstić information content (AvgIpc) is 3.40. The highest BCUT2D eigenvalue weighted by molar-refractivity contribution is 8.00. The van der Waals surface area contributed by atoms with E-state index in [1.807, 2.05) is 69.3 Å². The second-order valence-corrected chi connectivity index (χ2v) is 10.2. The van der Waals surface area contributed by atoms with E-state index in [-0.39, 0.29) is 17.7 Å². The molecule has 0 aliphatic carbocycles. The second kappa shape index (κ2) is 10.2. The number of carbonyl (C=O) groups is 2. The molecule has 9 heteroatoms. The first-order chi connectivity index (χ1) is 15.9. The summed E-state index contributed by atoms with van der Waals surface area (Å²) >= 11 is 3.06. The smallest absolute Gasteiger partial charge is 0.287 e. The van der Waals surface area contributed by atoms with Crippen LogP contribution in [0.1, 0.15) is 40.5 Å². The van der Waals surface area contributed by atoms with E-state index < -0.39 is 0 Å². The van der Waals surface area contributed by atoms with Crippen LogP contribution in [0.4, 0.5) is 5.69 Å². The van der Waals surface area contributed by atoms with Crippen LogP contribution >= 0.6 is 23.1 Å². The summed E-state index contributed by atoms with van der Waals surface area (Å²) in [5.74, 6) is 0.475. The molecule has 2 aromatic carbocycles. The van der Waals surface area contributed by atoms with Crippen LogP contribution in [0, 0.1) is 12.8 Å². The lowest BCUT2D eigenvalue weighted by Crippen LogP contribution is -2.23. The van der Waals surface area contributed by atoms with Crippen LogP contribution in [-0.4, -0.2) is 22.0 Å². The van der Waals surface area contributed by atoms with Gasteiger partial charge in [-0.3, -0.25) is 9.59 Å². The average molecular weight is 481 g/mol. The minimum Gasteiger partial charge on any atom is -0.451 e. The first-order valence-corrected chi connectivity index (χ1v) is 12.3. The summed E-state index contributed by atoms with van der Waals surface area (Å²) < 4.78 is 6.78. The van der Waals surface area contributed by atoms with E-state index >= 15 is 0 Å². The molecule has 0 radical (unpaired) electrons. The third-order valence-electron chi connectivity index (χ3n) is 4.95. The lowest BCUT2D eigenvalue weighted by atomic mass is 10.1. The molecule has 0 unspecified atom stereocenters. The fourth-order valence-corrected chi connectivity index (χ4v) is 4.99. The number of nitrogens with one attached hydrogen (secondary N) is 2. The molecular formula is C24H24N4O3S2. The van der Waals surface area contributed by atoms with Gasteiger partial charge in [0.1, 0.15) is 10.6 Å². The van der Waals surface area contributed by atoms with Gasteiger partial charge in [-0.05, 0) is 30.7 Å². The number of amides is 2. The topological polar surface area (TPSA) is 97.1 Å². The zero-order valence-electron chi connectivity index (χ0n) is 18.5. The number of para-hydroxylation sites is 1. The molecule has 2 amide bonds. The fourth-order valence-electron chi connectivity index (χ4n) is 3.15. The first-order valence-electron chi connectivity index (χ1n) is 10.5. The van der Waals surface area contributed by atoms with Crippen LogP contribution in [0.3, 0.4) is 0 Å². The Morgan fingerprint density at radius 3 is 2.55 bits per heavy atom. The molecule has 0 fully saturated rings. The van der Waals surface area contributed by atoms with Gasteiger partial charge >= 0.3 is 0 Å². The largest absolute Gasteiger partial charge is 0.451 e. The van der Waals surface area contributed by atoms with E-state index in [1.165, 1.54) is 23.1 Å². The molecule has 7 nitrogen and oxygen atoms in total. The minimum absolute atomic E-state index is 0.0324. The van der Waals surface area contributed by atoms with E-state index in [4.69, 9.17) is 4.42 Å². The summed E-state index contributed by atoms with van der Waals surface area (Å²) in [5, 5.41) is 15.8. The Labute approximate surface area is 200 Å². The van der Waals surface area contributed by atoms with Crippen molar-refractivity contribution in [1.82, 2.24) is 15.5 Å². The Hall–Kier alpha value is -3.17. The number of hydrogen-bond donors (Lipinski definition) is 2. The zero-order valence-corrected chi connectivity index (χ0v) is 20.2. The Kier molecular flexibility index (Phi) is 7.10. The molecule has 0 spiro atoms. The number of hydrogen-bond acceptors (Lipinski definition) is 7. The predicted molar refractivity (Wildman–Crippen MR) is 132 cm³/mol. The van der Waals surface area contributed by atoms with Gasteiger partial charge in [0.05, 0.1) is 0 Å². The highest BCUT2D eigenvalue weighted by atomic mass is 32.2. The van der Waals surface area contributed by atoms with E-state index in [0.29, 0.717) is 23.6 Å². The van der Waals surface area contributed by atoms with Gasteiger partial charge in [-0.15, -0.1) is 10.2 Å². The third-order valence-corrected chi connectivity index (χ3v) is 6.95. The number of fused-ring (bicyclic) bond motifs is 1. The molecule has 33 heavy (non-hydrogen) atoms. The minimum atomic E-state index is -0.271. The van der Waals surface area contributed by atoms with Gasteiger partial charge in [0.2, 0.25) is 5.91 Å². The molecule has 170 valence electrons. The zero-order chi connectivity index (χ0) is 23.4. The normalized spacial score (nSPS) is 11.2. The molecule has 0 aliphatic rings. The van der Waals surface area contributed by atoms with Crippen LogP contribution in [0.15, 0.2) is 57.3 Å². The summed E-state index contributed by atoms with van der Waals surface area (Å²) in [5.41, 5.74) is 3.17. The van der Waals surface area contributed by atoms with Gasteiger partial charge in [0.25, 0.3) is 5.91 Å². The van der Waals surface area contributed by atoms with Gasteiger partial charge in [0, 0.05) is 34.9 Å². The maximum Gasteiger partial charge on any atom is 0.287 e. The highest BCUT2D eigenvalue weighted by Crippen LogP contribution is 2.33. The summed E-state index contributed by atoms with van der Waals surface area (Å²) in [6.07, 6.45) is 0. The monoisotopic (exact) mass is 480 g/mol. The lowest BCUT2D eigenvalue weighted by Gasteiger charge is -2.09. The van der Waals surface area contributed by atoms with Crippen molar-refractivity contribution >= 4 is 51.6 Å². The maximum atomic E-state index is 13.0. The van der Waals surface area contributed by atoms with Gasteiger partial charge in [0.15, 0.2) is 10.1 Å². The molecule has 4 aromatic rings. The number of nitrogens with zero attached hydrogens (tertiary/aromatic N) is 2. The molecule has 2 heterocycles. The fraction of sp³-hybridized carbons (Fsp3) is 0.250. The number of furan rings is 1. The predicted octanol–water partition coefficient (Wildman–Crippen LogP) is 5.41. The summed E-state index contributed by atoms with van der Waals surface area (Å²) in [6.45, 7) is 5.95. The molecule has 0 saturated heterocycles. The van der Waals surface area contributed by atoms with Gasteiger partial charge in [-0.2, -0.15) is 0 Å². The van der Waals surface area contributed by atoms with Crippen molar-refractivity contribution in [3.8, 4) is 0 Å². The van der Waals surface area contributed by atoms with E-state index in [0.717, 1.165) is 31.5 Å². The van der Waals surface area contributed by atoms with Crippen LogP contribution in [0.2, 0.25) is 0 Å². The molecule has 4 rings (SSSR count). The van der Waals surface area contributed by atoms with Crippen molar-refractivity contribution in [2.45, 2.75) is 37.4 Å². The van der Waals surface area contributed by atoms with Crippen molar-refractivity contribution in [3.63, 3.8) is 0 Å². The Morgan fingerprint density at radius 1 is 1.09 bits per heavy atom. The number of benzene rings is 2. The lowest BCUT2D eigenvalue weighted by molar-refractivity contribution is -0.118. The van der Waals surface area contributed by atoms with Gasteiger partial charge in [-0.25, -0.2) is 0 Å². The van der Waals surface area contributed by atoms with E-state index in [1.54, 1.807) is 0 Å². The molecule has 0 atom stereocenters. The van der Waals surface area contributed by atoms with Crippen molar-refractivity contribution in [2.75, 3.05) is 5.32 Å². The summed E-state index contributed by atoms with van der Waals surface area (Å²) in [7, 11) is 0. The molecule has 2 aromatic heterocycles. The summed E-state index contributed by atoms with van der Waals surface area (Å²) in [4.78, 5) is 24.8. The number of anilines is 1. The molecule has 0 aliphatic heterocycles. The number of aryl methyl sites for hydroxylation is 1. The molecule has 0 saturated carbocycles. The van der Waals surface area contributed by atoms with Crippen molar-refractivity contribution in [3.05, 3.63) is 70.4 Å². The van der Waals surface area contributed by atoms with Gasteiger partial charge in [-0.1, -0.05) is 67.3 Å². The van der Waals surface area contributed by atoms with Crippen LogP contribution in [0.5, 0.6) is 0 Å². The molecular weight excluding hydrogens is 456 g/mol. The third kappa shape index (κ3) is 5.61. The Morgan fingerprint density at radius 2 is 1.85 bits per heavy atom. The quantitative estimate of drug-likeness (QED) is 0.327. The van der Waals surface area contributed by atoms with Crippen LogP contribution in [-0.2, 0) is 17.1 Å². The highest BCUT2D eigenvalue weighted by Gasteiger charge is 2.21. The van der Waals surface area contributed by atoms with Crippen molar-refractivity contribution in [2.24, 2.45) is 5.92 Å². The first kappa shape index (κ1) is 23.0. The van der Waals surface area contributed by atoms with Crippen LogP contribution in [0.25, 0.3) is 11.0 Å².